The SMILES string of the molecule is CCCc1nn(C)c(CC(Cl)CC)c1[N+](=O)[O-]. The Morgan fingerprint density at radius 1 is 1.53 bits per heavy atom. The summed E-state index contributed by atoms with van der Waals surface area (Å²) in [4.78, 5) is 10.8. The zero-order valence-electron chi connectivity index (χ0n) is 10.4. The molecule has 6 heteroatoms. The van der Waals surface area contributed by atoms with Crippen molar-refractivity contribution in [2.24, 2.45) is 7.05 Å². The molecular formula is C11H18ClN3O2. The van der Waals surface area contributed by atoms with Crippen molar-refractivity contribution >= 4 is 17.3 Å². The molecule has 0 amide bonds. The second-order valence-corrected chi connectivity index (χ2v) is 4.70. The molecule has 0 N–H and O–H groups in total. The summed E-state index contributed by atoms with van der Waals surface area (Å²) in [7, 11) is 1.74. The number of halogens is 1. The molecule has 17 heavy (non-hydrogen) atoms. The maximum Gasteiger partial charge on any atom is 0.313 e. The molecule has 0 spiro atoms. The van der Waals surface area contributed by atoms with E-state index in [1.165, 1.54) is 0 Å². The zero-order valence-corrected chi connectivity index (χ0v) is 11.2. The highest BCUT2D eigenvalue weighted by Gasteiger charge is 2.26. The van der Waals surface area contributed by atoms with Crippen LogP contribution in [0.4, 0.5) is 5.69 Å². The molecule has 96 valence electrons. The fourth-order valence-corrected chi connectivity index (χ4v) is 1.95. The fourth-order valence-electron chi connectivity index (χ4n) is 1.81. The molecule has 1 atom stereocenters. The Morgan fingerprint density at radius 2 is 2.18 bits per heavy atom. The molecule has 1 aromatic heterocycles. The molecule has 0 fully saturated rings. The molecule has 0 aliphatic carbocycles. The molecule has 0 radical (unpaired) electrons. The summed E-state index contributed by atoms with van der Waals surface area (Å²) in [6, 6.07) is 0. The lowest BCUT2D eigenvalue weighted by molar-refractivity contribution is -0.386. The monoisotopic (exact) mass is 259 g/mol. The average molecular weight is 260 g/mol. The van der Waals surface area contributed by atoms with Gasteiger partial charge in [0.2, 0.25) is 0 Å². The number of nitro groups is 1. The first-order valence-corrected chi connectivity index (χ1v) is 6.28. The lowest BCUT2D eigenvalue weighted by atomic mass is 10.1. The number of nitrogens with zero attached hydrogens (tertiary/aromatic N) is 3. The first kappa shape index (κ1) is 14.0. The Labute approximate surface area is 106 Å². The topological polar surface area (TPSA) is 61.0 Å². The average Bonchev–Trinajstić information content (AvgIpc) is 2.56. The highest BCUT2D eigenvalue weighted by molar-refractivity contribution is 6.20. The molecule has 0 saturated heterocycles. The van der Waals surface area contributed by atoms with Crippen LogP contribution in [0.25, 0.3) is 0 Å². The first-order chi connectivity index (χ1) is 8.01. The second kappa shape index (κ2) is 6.00. The van der Waals surface area contributed by atoms with Gasteiger partial charge < -0.3 is 0 Å². The van der Waals surface area contributed by atoms with E-state index in [9.17, 15) is 10.1 Å². The predicted octanol–water partition coefficient (Wildman–Crippen LogP) is 2.84. The molecule has 0 saturated carbocycles. The van der Waals surface area contributed by atoms with Gasteiger partial charge in [0.25, 0.3) is 0 Å². The van der Waals surface area contributed by atoms with Gasteiger partial charge in [-0.25, -0.2) is 0 Å². The minimum absolute atomic E-state index is 0.0847. The van der Waals surface area contributed by atoms with Gasteiger partial charge in [0.1, 0.15) is 11.4 Å². The zero-order chi connectivity index (χ0) is 13.0. The Kier molecular flexibility index (Phi) is 4.93. The van der Waals surface area contributed by atoms with E-state index in [0.29, 0.717) is 24.2 Å². The van der Waals surface area contributed by atoms with Crippen molar-refractivity contribution in [3.05, 3.63) is 21.5 Å². The minimum Gasteiger partial charge on any atom is -0.265 e. The van der Waals surface area contributed by atoms with Gasteiger partial charge in [0, 0.05) is 18.8 Å². The summed E-state index contributed by atoms with van der Waals surface area (Å²) in [6.07, 6.45) is 2.74. The lowest BCUT2D eigenvalue weighted by Crippen LogP contribution is -2.08. The van der Waals surface area contributed by atoms with Gasteiger partial charge in [-0.2, -0.15) is 5.10 Å². The van der Waals surface area contributed by atoms with E-state index in [4.69, 9.17) is 11.6 Å². The maximum atomic E-state index is 11.1. The third-order valence-electron chi connectivity index (χ3n) is 2.74. The van der Waals surface area contributed by atoms with Crippen molar-refractivity contribution in [2.45, 2.75) is 44.9 Å². The van der Waals surface area contributed by atoms with Gasteiger partial charge >= 0.3 is 5.69 Å². The van der Waals surface area contributed by atoms with Crippen LogP contribution in [0.3, 0.4) is 0 Å². The van der Waals surface area contributed by atoms with Crippen molar-refractivity contribution in [1.82, 2.24) is 9.78 Å². The Morgan fingerprint density at radius 3 is 2.65 bits per heavy atom. The van der Waals surface area contributed by atoms with Crippen molar-refractivity contribution in [2.75, 3.05) is 0 Å². The highest BCUT2D eigenvalue weighted by atomic mass is 35.5. The normalized spacial score (nSPS) is 12.7. The maximum absolute atomic E-state index is 11.1. The molecule has 5 nitrogen and oxygen atoms in total. The van der Waals surface area contributed by atoms with Crippen LogP contribution in [0.5, 0.6) is 0 Å². The fraction of sp³-hybridized carbons (Fsp3) is 0.727. The Bertz CT molecular complexity index is 404. The lowest BCUT2D eigenvalue weighted by Gasteiger charge is -2.05. The van der Waals surface area contributed by atoms with E-state index in [-0.39, 0.29) is 16.0 Å². The van der Waals surface area contributed by atoms with Crippen LogP contribution in [-0.2, 0) is 19.9 Å². The molecule has 1 heterocycles. The third kappa shape index (κ3) is 3.19. The highest BCUT2D eigenvalue weighted by Crippen LogP contribution is 2.26. The predicted molar refractivity (Wildman–Crippen MR) is 67.5 cm³/mol. The Balaban J connectivity index is 3.13. The van der Waals surface area contributed by atoms with Gasteiger partial charge in [-0.05, 0) is 12.8 Å². The molecule has 0 aromatic carbocycles. The first-order valence-electron chi connectivity index (χ1n) is 5.84. The third-order valence-corrected chi connectivity index (χ3v) is 3.20. The van der Waals surface area contributed by atoms with Crippen molar-refractivity contribution in [3.8, 4) is 0 Å². The number of aryl methyl sites for hydroxylation is 2. The van der Waals surface area contributed by atoms with E-state index in [1.54, 1.807) is 11.7 Å². The summed E-state index contributed by atoms with van der Waals surface area (Å²) in [5.41, 5.74) is 1.34. The molecule has 1 aromatic rings. The molecular weight excluding hydrogens is 242 g/mol. The van der Waals surface area contributed by atoms with Crippen molar-refractivity contribution < 1.29 is 4.92 Å². The largest absolute Gasteiger partial charge is 0.313 e. The van der Waals surface area contributed by atoms with E-state index in [1.807, 2.05) is 13.8 Å². The molecule has 0 aliphatic rings. The van der Waals surface area contributed by atoms with Crippen LogP contribution in [0.1, 0.15) is 38.1 Å². The number of alkyl halides is 1. The van der Waals surface area contributed by atoms with E-state index >= 15 is 0 Å². The van der Waals surface area contributed by atoms with Crippen molar-refractivity contribution in [3.63, 3.8) is 0 Å². The van der Waals surface area contributed by atoms with E-state index in [0.717, 1.165) is 12.8 Å². The number of hydrogen-bond acceptors (Lipinski definition) is 3. The smallest absolute Gasteiger partial charge is 0.265 e. The summed E-state index contributed by atoms with van der Waals surface area (Å²) in [6.45, 7) is 3.95. The number of rotatable bonds is 6. The van der Waals surface area contributed by atoms with Crippen molar-refractivity contribution in [1.29, 1.82) is 0 Å². The van der Waals surface area contributed by atoms with Crippen LogP contribution in [-0.4, -0.2) is 20.1 Å². The molecule has 0 aliphatic heterocycles. The van der Waals surface area contributed by atoms with E-state index in [2.05, 4.69) is 5.10 Å². The number of hydrogen-bond donors (Lipinski definition) is 0. The molecule has 1 rings (SSSR count). The number of aromatic nitrogens is 2. The summed E-state index contributed by atoms with van der Waals surface area (Å²) in [5.74, 6) is 0. The van der Waals surface area contributed by atoms with Crippen LogP contribution in [0, 0.1) is 10.1 Å². The van der Waals surface area contributed by atoms with Crippen LogP contribution >= 0.6 is 11.6 Å². The quantitative estimate of drug-likeness (QED) is 0.448. The van der Waals surface area contributed by atoms with Gasteiger partial charge in [-0.15, -0.1) is 11.6 Å². The van der Waals surface area contributed by atoms with Crippen LogP contribution in [0.15, 0.2) is 0 Å². The molecule has 1 unspecified atom stereocenters. The van der Waals surface area contributed by atoms with Gasteiger partial charge in [-0.3, -0.25) is 14.8 Å². The van der Waals surface area contributed by atoms with E-state index < -0.39 is 0 Å². The summed E-state index contributed by atoms with van der Waals surface area (Å²) in [5, 5.41) is 15.3. The summed E-state index contributed by atoms with van der Waals surface area (Å²) < 4.78 is 1.59. The minimum atomic E-state index is -0.341. The van der Waals surface area contributed by atoms with Gasteiger partial charge in [0.15, 0.2) is 0 Å². The van der Waals surface area contributed by atoms with Gasteiger partial charge in [0.05, 0.1) is 4.92 Å². The standard InChI is InChI=1S/C11H18ClN3O2/c1-4-6-9-11(15(16)17)10(14(3)13-9)7-8(12)5-2/h8H,4-7H2,1-3H3. The van der Waals surface area contributed by atoms with Crippen LogP contribution < -0.4 is 0 Å². The Hall–Kier alpha value is -1.10. The van der Waals surface area contributed by atoms with Crippen LogP contribution in [0.2, 0.25) is 0 Å². The second-order valence-electron chi connectivity index (χ2n) is 4.08. The summed E-state index contributed by atoms with van der Waals surface area (Å²) >= 11 is 6.07. The van der Waals surface area contributed by atoms with Gasteiger partial charge in [-0.1, -0.05) is 20.3 Å². The molecule has 0 bridgehead atoms.